The molecule has 102 valence electrons. The SMILES string of the molecule is CCN1C=CN(CC(Br)(Br)N2C=CN(CC)C2)C1. The number of halogens is 2. The Morgan fingerprint density at radius 2 is 1.44 bits per heavy atom. The van der Waals surface area contributed by atoms with Crippen molar-refractivity contribution in [2.75, 3.05) is 33.0 Å². The molecule has 0 fully saturated rings. The second-order valence-electron chi connectivity index (χ2n) is 4.57. The molecule has 0 aromatic heterocycles. The minimum atomic E-state index is -0.214. The van der Waals surface area contributed by atoms with Crippen molar-refractivity contribution in [1.29, 1.82) is 0 Å². The monoisotopic (exact) mass is 378 g/mol. The molecule has 0 bridgehead atoms. The maximum Gasteiger partial charge on any atom is 0.170 e. The Labute approximate surface area is 126 Å². The molecule has 0 spiro atoms. The van der Waals surface area contributed by atoms with Crippen molar-refractivity contribution in [3.63, 3.8) is 0 Å². The second-order valence-corrected chi connectivity index (χ2v) is 8.26. The van der Waals surface area contributed by atoms with Crippen LogP contribution in [0.15, 0.2) is 24.8 Å². The summed E-state index contributed by atoms with van der Waals surface area (Å²) in [6.07, 6.45) is 8.56. The summed E-state index contributed by atoms with van der Waals surface area (Å²) in [5.41, 5.74) is 0. The highest BCUT2D eigenvalue weighted by Gasteiger charge is 2.34. The number of nitrogens with zero attached hydrogens (tertiary/aromatic N) is 4. The summed E-state index contributed by atoms with van der Waals surface area (Å²) in [5, 5.41) is 0. The molecule has 0 atom stereocenters. The van der Waals surface area contributed by atoms with Gasteiger partial charge in [-0.2, -0.15) is 0 Å². The van der Waals surface area contributed by atoms with Crippen LogP contribution >= 0.6 is 31.9 Å². The lowest BCUT2D eigenvalue weighted by molar-refractivity contribution is 0.200. The van der Waals surface area contributed by atoms with E-state index >= 15 is 0 Å². The molecule has 0 N–H and O–H groups in total. The van der Waals surface area contributed by atoms with Gasteiger partial charge in [0.1, 0.15) is 0 Å². The summed E-state index contributed by atoms with van der Waals surface area (Å²) in [4.78, 5) is 9.12. The van der Waals surface area contributed by atoms with E-state index in [-0.39, 0.29) is 3.36 Å². The summed E-state index contributed by atoms with van der Waals surface area (Å²) in [6, 6.07) is 0. The van der Waals surface area contributed by atoms with Gasteiger partial charge in [0.2, 0.25) is 0 Å². The van der Waals surface area contributed by atoms with Crippen molar-refractivity contribution in [1.82, 2.24) is 19.6 Å². The summed E-state index contributed by atoms with van der Waals surface area (Å²) < 4.78 is -0.214. The van der Waals surface area contributed by atoms with Gasteiger partial charge in [0.05, 0.1) is 19.9 Å². The highest BCUT2D eigenvalue weighted by atomic mass is 79.9. The Bertz CT molecular complexity index is 343. The van der Waals surface area contributed by atoms with E-state index < -0.39 is 0 Å². The van der Waals surface area contributed by atoms with Crippen LogP contribution in [0, 0.1) is 0 Å². The molecule has 0 saturated carbocycles. The fraction of sp³-hybridized carbons (Fsp3) is 0.667. The standard InChI is InChI=1S/C12H20Br2N4/c1-3-15-5-6-17(10-15)9-12(13,14)18-8-7-16(4-2)11-18/h5-8H,3-4,9-11H2,1-2H3. The van der Waals surface area contributed by atoms with Crippen LogP contribution in [-0.4, -0.2) is 55.9 Å². The third-order valence-electron chi connectivity index (χ3n) is 3.27. The van der Waals surface area contributed by atoms with Crippen molar-refractivity contribution in [3.8, 4) is 0 Å². The number of alkyl halides is 2. The third-order valence-corrected chi connectivity index (χ3v) is 4.68. The number of hydrogen-bond acceptors (Lipinski definition) is 4. The third kappa shape index (κ3) is 3.15. The molecule has 0 unspecified atom stereocenters. The van der Waals surface area contributed by atoms with Gasteiger partial charge in [-0.05, 0) is 45.7 Å². The normalized spacial score (nSPS) is 19.6. The fourth-order valence-electron chi connectivity index (χ4n) is 2.04. The van der Waals surface area contributed by atoms with E-state index in [0.29, 0.717) is 0 Å². The molecule has 2 rings (SSSR count). The van der Waals surface area contributed by atoms with Crippen LogP contribution in [-0.2, 0) is 0 Å². The zero-order chi connectivity index (χ0) is 13.2. The molecule has 0 saturated heterocycles. The lowest BCUT2D eigenvalue weighted by Gasteiger charge is -2.36. The Kier molecular flexibility index (Phi) is 4.48. The van der Waals surface area contributed by atoms with Crippen LogP contribution in [0.3, 0.4) is 0 Å². The quantitative estimate of drug-likeness (QED) is 0.537. The van der Waals surface area contributed by atoms with Gasteiger partial charge >= 0.3 is 0 Å². The highest BCUT2D eigenvalue weighted by molar-refractivity contribution is 9.25. The van der Waals surface area contributed by atoms with Gasteiger partial charge in [-0.1, -0.05) is 0 Å². The van der Waals surface area contributed by atoms with E-state index in [1.54, 1.807) is 0 Å². The Hall–Kier alpha value is -0.360. The van der Waals surface area contributed by atoms with Crippen LogP contribution < -0.4 is 0 Å². The van der Waals surface area contributed by atoms with Crippen molar-refractivity contribution >= 4 is 31.9 Å². The van der Waals surface area contributed by atoms with Gasteiger partial charge in [-0.25, -0.2) is 0 Å². The number of rotatable bonds is 5. The highest BCUT2D eigenvalue weighted by Crippen LogP contribution is 2.34. The minimum absolute atomic E-state index is 0.214. The van der Waals surface area contributed by atoms with Crippen LogP contribution in [0.2, 0.25) is 0 Å². The van der Waals surface area contributed by atoms with Gasteiger partial charge < -0.3 is 19.6 Å². The first kappa shape index (κ1) is 14.1. The first-order valence-electron chi connectivity index (χ1n) is 6.28. The molecule has 0 radical (unpaired) electrons. The van der Waals surface area contributed by atoms with Crippen molar-refractivity contribution < 1.29 is 0 Å². The summed E-state index contributed by atoms with van der Waals surface area (Å²) in [7, 11) is 0. The average molecular weight is 380 g/mol. The predicted octanol–water partition coefficient (Wildman–Crippen LogP) is 2.56. The Balaban J connectivity index is 1.89. The molecule has 4 nitrogen and oxygen atoms in total. The van der Waals surface area contributed by atoms with E-state index in [4.69, 9.17) is 0 Å². The molecule has 0 aromatic rings. The first-order valence-corrected chi connectivity index (χ1v) is 7.87. The molecular formula is C12H20Br2N4. The minimum Gasteiger partial charge on any atom is -0.359 e. The van der Waals surface area contributed by atoms with Gasteiger partial charge in [0.25, 0.3) is 0 Å². The Morgan fingerprint density at radius 1 is 0.889 bits per heavy atom. The topological polar surface area (TPSA) is 13.0 Å². The van der Waals surface area contributed by atoms with Crippen LogP contribution in [0.25, 0.3) is 0 Å². The molecule has 0 aromatic carbocycles. The van der Waals surface area contributed by atoms with E-state index in [2.05, 4.69) is 90.1 Å². The largest absolute Gasteiger partial charge is 0.359 e. The van der Waals surface area contributed by atoms with E-state index in [0.717, 1.165) is 33.0 Å². The summed E-state index contributed by atoms with van der Waals surface area (Å²) in [6.45, 7) is 9.20. The predicted molar refractivity (Wildman–Crippen MR) is 81.9 cm³/mol. The lowest BCUT2D eigenvalue weighted by atomic mass is 10.5. The molecular weight excluding hydrogens is 360 g/mol. The molecule has 6 heteroatoms. The van der Waals surface area contributed by atoms with Gasteiger partial charge in [0, 0.05) is 37.9 Å². The molecule has 2 heterocycles. The first-order chi connectivity index (χ1) is 8.55. The molecule has 18 heavy (non-hydrogen) atoms. The van der Waals surface area contributed by atoms with Crippen molar-refractivity contribution in [2.45, 2.75) is 17.2 Å². The fourth-order valence-corrected chi connectivity index (χ4v) is 3.15. The van der Waals surface area contributed by atoms with E-state index in [9.17, 15) is 0 Å². The van der Waals surface area contributed by atoms with Crippen LogP contribution in [0.4, 0.5) is 0 Å². The van der Waals surface area contributed by atoms with Crippen molar-refractivity contribution in [3.05, 3.63) is 24.8 Å². The van der Waals surface area contributed by atoms with E-state index in [1.165, 1.54) is 0 Å². The average Bonchev–Trinajstić information content (AvgIpc) is 2.96. The van der Waals surface area contributed by atoms with Gasteiger partial charge in [-0.15, -0.1) is 0 Å². The summed E-state index contributed by atoms with van der Waals surface area (Å²) in [5.74, 6) is 0. The second kappa shape index (κ2) is 5.74. The molecule has 0 aliphatic carbocycles. The zero-order valence-corrected chi connectivity index (χ0v) is 14.1. The van der Waals surface area contributed by atoms with Gasteiger partial charge in [-0.3, -0.25) is 0 Å². The van der Waals surface area contributed by atoms with Gasteiger partial charge in [0.15, 0.2) is 3.36 Å². The molecule has 2 aliphatic heterocycles. The van der Waals surface area contributed by atoms with Crippen molar-refractivity contribution in [2.24, 2.45) is 0 Å². The Morgan fingerprint density at radius 3 is 2.00 bits per heavy atom. The van der Waals surface area contributed by atoms with Crippen LogP contribution in [0.1, 0.15) is 13.8 Å². The van der Waals surface area contributed by atoms with Crippen LogP contribution in [0.5, 0.6) is 0 Å². The zero-order valence-electron chi connectivity index (χ0n) is 10.9. The number of hydrogen-bond donors (Lipinski definition) is 0. The molecule has 0 amide bonds. The van der Waals surface area contributed by atoms with E-state index in [1.807, 2.05) is 0 Å². The maximum atomic E-state index is 3.79. The molecule has 2 aliphatic rings. The smallest absolute Gasteiger partial charge is 0.170 e. The maximum absolute atomic E-state index is 3.79. The summed E-state index contributed by atoms with van der Waals surface area (Å²) >= 11 is 7.58. The lowest BCUT2D eigenvalue weighted by Crippen LogP contribution is -2.45.